The van der Waals surface area contributed by atoms with Crippen molar-refractivity contribution in [2.75, 3.05) is 0 Å². The molecule has 0 unspecified atom stereocenters. The Morgan fingerprint density at radius 1 is 0.769 bits per heavy atom. The van der Waals surface area contributed by atoms with Gasteiger partial charge in [-0.15, -0.1) is 6.42 Å². The molecule has 0 saturated heterocycles. The van der Waals surface area contributed by atoms with Gasteiger partial charge in [-0.25, -0.2) is 0 Å². The molecular weight excluding hydrogens is 314 g/mol. The average molecular weight is 346 g/mol. The fraction of sp³-hybridized carbons (Fsp3) is 0.400. The van der Waals surface area contributed by atoms with Crippen molar-refractivity contribution in [3.63, 3.8) is 0 Å². The van der Waals surface area contributed by atoms with Gasteiger partial charge in [0.15, 0.2) is 0 Å². The zero-order valence-corrected chi connectivity index (χ0v) is 17.1. The summed E-state index contributed by atoms with van der Waals surface area (Å²) in [5, 5.41) is 8.71. The van der Waals surface area contributed by atoms with E-state index in [4.69, 9.17) is 11.7 Å². The molecule has 0 aromatic heterocycles. The van der Waals surface area contributed by atoms with Crippen LogP contribution >= 0.6 is 0 Å². The summed E-state index contributed by atoms with van der Waals surface area (Å²) in [6.45, 7) is 13.3. The second kappa shape index (κ2) is 9.26. The Labute approximate surface area is 160 Å². The molecule has 0 spiro atoms. The van der Waals surface area contributed by atoms with Gasteiger partial charge in [-0.05, 0) is 59.1 Å². The maximum atomic E-state index is 8.71. The topological polar surface area (TPSA) is 23.8 Å². The fourth-order valence-electron chi connectivity index (χ4n) is 2.69. The van der Waals surface area contributed by atoms with Crippen LogP contribution in [0.1, 0.15) is 63.8 Å². The molecule has 0 aliphatic carbocycles. The van der Waals surface area contributed by atoms with Gasteiger partial charge in [0.1, 0.15) is 0 Å². The lowest BCUT2D eigenvalue weighted by Gasteiger charge is -2.17. The number of terminal acetylenes is 1. The standard InChI is InChI=1S/C13H16.C12H15N/c1-5-11-6-8-12(9-7-11)10-13(2,3)4;1-12(2,3)8-10-5-4-6-11(7-10)9-13/h1,6-9H,10H2,2-4H3;4-7H,8H2,1-3H3. The molecule has 1 heteroatoms. The summed E-state index contributed by atoms with van der Waals surface area (Å²) in [7, 11) is 0. The normalized spacial score (nSPS) is 10.9. The fourth-order valence-corrected chi connectivity index (χ4v) is 2.69. The maximum Gasteiger partial charge on any atom is 0.0991 e. The van der Waals surface area contributed by atoms with Crippen molar-refractivity contribution >= 4 is 0 Å². The van der Waals surface area contributed by atoms with E-state index >= 15 is 0 Å². The minimum atomic E-state index is 0.286. The molecule has 136 valence electrons. The first-order valence-corrected chi connectivity index (χ1v) is 9.07. The van der Waals surface area contributed by atoms with E-state index in [-0.39, 0.29) is 5.41 Å². The molecule has 1 nitrogen and oxygen atoms in total. The molecule has 0 bridgehead atoms. The van der Waals surface area contributed by atoms with Crippen LogP contribution < -0.4 is 0 Å². The Hall–Kier alpha value is -2.51. The highest BCUT2D eigenvalue weighted by Crippen LogP contribution is 2.21. The SMILES string of the molecule is C#Cc1ccc(CC(C)(C)C)cc1.CC(C)(C)Cc1cccc(C#N)c1. The summed E-state index contributed by atoms with van der Waals surface area (Å²) >= 11 is 0. The van der Waals surface area contributed by atoms with Crippen LogP contribution in [0.2, 0.25) is 0 Å². The van der Waals surface area contributed by atoms with Crippen molar-refractivity contribution in [3.05, 3.63) is 70.8 Å². The monoisotopic (exact) mass is 345 g/mol. The molecule has 0 amide bonds. The van der Waals surface area contributed by atoms with Crippen LogP contribution in [-0.2, 0) is 12.8 Å². The van der Waals surface area contributed by atoms with Gasteiger partial charge in [0.25, 0.3) is 0 Å². The smallest absolute Gasteiger partial charge is 0.0991 e. The molecule has 2 aromatic rings. The first kappa shape index (κ1) is 21.5. The zero-order valence-electron chi connectivity index (χ0n) is 17.1. The summed E-state index contributed by atoms with van der Waals surface area (Å²) in [6.07, 6.45) is 7.39. The Bertz CT molecular complexity index is 769. The van der Waals surface area contributed by atoms with E-state index in [2.05, 4.69) is 71.7 Å². The average Bonchev–Trinajstić information content (AvgIpc) is 2.53. The van der Waals surface area contributed by atoms with E-state index < -0.39 is 0 Å². The number of nitriles is 1. The molecule has 0 aliphatic rings. The quantitative estimate of drug-likeness (QED) is 0.577. The summed E-state index contributed by atoms with van der Waals surface area (Å²) in [5.41, 5.74) is 4.93. The van der Waals surface area contributed by atoms with E-state index in [1.165, 1.54) is 11.1 Å². The molecule has 0 N–H and O–H groups in total. The number of nitrogens with zero attached hydrogens (tertiary/aromatic N) is 1. The van der Waals surface area contributed by atoms with E-state index in [9.17, 15) is 0 Å². The second-order valence-corrected chi connectivity index (χ2v) is 9.13. The highest BCUT2D eigenvalue weighted by Gasteiger charge is 2.11. The van der Waals surface area contributed by atoms with Crippen LogP contribution in [0.4, 0.5) is 0 Å². The minimum absolute atomic E-state index is 0.286. The third-order valence-corrected chi connectivity index (χ3v) is 3.65. The van der Waals surface area contributed by atoms with Gasteiger partial charge in [-0.1, -0.05) is 71.7 Å². The molecular formula is C25H31N. The Kier molecular flexibility index (Phi) is 7.67. The predicted molar refractivity (Wildman–Crippen MR) is 112 cm³/mol. The lowest BCUT2D eigenvalue weighted by Crippen LogP contribution is -2.08. The van der Waals surface area contributed by atoms with Gasteiger partial charge in [0.2, 0.25) is 0 Å². The summed E-state index contributed by atoms with van der Waals surface area (Å²) < 4.78 is 0. The molecule has 0 fully saturated rings. The zero-order chi connectivity index (χ0) is 19.8. The van der Waals surface area contributed by atoms with E-state index in [1.54, 1.807) is 0 Å². The number of benzene rings is 2. The van der Waals surface area contributed by atoms with E-state index in [0.717, 1.165) is 24.0 Å². The second-order valence-electron chi connectivity index (χ2n) is 9.13. The number of hydrogen-bond donors (Lipinski definition) is 0. The Morgan fingerprint density at radius 3 is 1.77 bits per heavy atom. The van der Waals surface area contributed by atoms with Crippen molar-refractivity contribution in [3.8, 4) is 18.4 Å². The third kappa shape index (κ3) is 9.10. The molecule has 0 atom stereocenters. The van der Waals surface area contributed by atoms with Gasteiger partial charge < -0.3 is 0 Å². The maximum absolute atomic E-state index is 8.71. The first-order chi connectivity index (χ1) is 12.0. The van der Waals surface area contributed by atoms with Gasteiger partial charge in [-0.2, -0.15) is 5.26 Å². The van der Waals surface area contributed by atoms with Gasteiger partial charge in [0, 0.05) is 5.56 Å². The third-order valence-electron chi connectivity index (χ3n) is 3.65. The molecule has 0 saturated carbocycles. The summed E-state index contributed by atoms with van der Waals surface area (Å²) in [4.78, 5) is 0. The van der Waals surface area contributed by atoms with Crippen molar-refractivity contribution in [2.24, 2.45) is 10.8 Å². The van der Waals surface area contributed by atoms with Crippen LogP contribution in [0.25, 0.3) is 0 Å². The van der Waals surface area contributed by atoms with Crippen molar-refractivity contribution in [1.82, 2.24) is 0 Å². The molecule has 0 heterocycles. The van der Waals surface area contributed by atoms with Crippen molar-refractivity contribution in [2.45, 2.75) is 54.4 Å². The highest BCUT2D eigenvalue weighted by molar-refractivity contribution is 5.34. The lowest BCUT2D eigenvalue weighted by molar-refractivity contribution is 0.411. The largest absolute Gasteiger partial charge is 0.192 e. The first-order valence-electron chi connectivity index (χ1n) is 9.07. The molecule has 2 rings (SSSR count). The van der Waals surface area contributed by atoms with Crippen LogP contribution in [-0.4, -0.2) is 0 Å². The van der Waals surface area contributed by atoms with Crippen molar-refractivity contribution < 1.29 is 0 Å². The Morgan fingerprint density at radius 2 is 1.31 bits per heavy atom. The molecule has 0 aliphatic heterocycles. The van der Waals surface area contributed by atoms with E-state index in [1.807, 2.05) is 30.3 Å². The lowest BCUT2D eigenvalue weighted by atomic mass is 9.88. The Balaban J connectivity index is 0.000000260. The van der Waals surface area contributed by atoms with Crippen molar-refractivity contribution in [1.29, 1.82) is 5.26 Å². The molecule has 0 radical (unpaired) electrons. The number of rotatable bonds is 2. The summed E-state index contributed by atoms with van der Waals surface area (Å²) in [6, 6.07) is 18.2. The van der Waals surface area contributed by atoms with Crippen LogP contribution in [0.3, 0.4) is 0 Å². The molecule has 2 aromatic carbocycles. The van der Waals surface area contributed by atoms with Gasteiger partial charge >= 0.3 is 0 Å². The van der Waals surface area contributed by atoms with E-state index in [0.29, 0.717) is 5.41 Å². The van der Waals surface area contributed by atoms with Crippen LogP contribution in [0.15, 0.2) is 48.5 Å². The van der Waals surface area contributed by atoms with Gasteiger partial charge in [-0.3, -0.25) is 0 Å². The van der Waals surface area contributed by atoms with Crippen LogP contribution in [0.5, 0.6) is 0 Å². The van der Waals surface area contributed by atoms with Gasteiger partial charge in [0.05, 0.1) is 11.6 Å². The predicted octanol–water partition coefficient (Wildman–Crippen LogP) is 6.40. The summed E-state index contributed by atoms with van der Waals surface area (Å²) in [5.74, 6) is 2.62. The highest BCUT2D eigenvalue weighted by atomic mass is 14.2. The molecule has 26 heavy (non-hydrogen) atoms. The number of hydrogen-bond acceptors (Lipinski definition) is 1. The van der Waals surface area contributed by atoms with Crippen LogP contribution in [0, 0.1) is 34.5 Å². The minimum Gasteiger partial charge on any atom is -0.192 e.